The Bertz CT molecular complexity index is 634. The number of nitrogens with zero attached hydrogens (tertiary/aromatic N) is 2. The second-order valence-corrected chi connectivity index (χ2v) is 7.61. The summed E-state index contributed by atoms with van der Waals surface area (Å²) in [6.07, 6.45) is -0.0133. The summed E-state index contributed by atoms with van der Waals surface area (Å²) in [7, 11) is 0. The Hall–Kier alpha value is -2.15. The van der Waals surface area contributed by atoms with Crippen LogP contribution >= 0.6 is 0 Å². The molecule has 0 spiro atoms. The number of piperazine rings is 1. The van der Waals surface area contributed by atoms with E-state index in [2.05, 4.69) is 4.90 Å². The van der Waals surface area contributed by atoms with Crippen LogP contribution in [0, 0.1) is 5.82 Å². The van der Waals surface area contributed by atoms with Crippen molar-refractivity contribution in [2.75, 3.05) is 32.8 Å². The topological polar surface area (TPSA) is 59.1 Å². The van der Waals surface area contributed by atoms with Gasteiger partial charge in [-0.25, -0.2) is 9.18 Å². The number of hydrogen-bond donors (Lipinski definition) is 0. The van der Waals surface area contributed by atoms with Crippen LogP contribution in [0.1, 0.15) is 45.7 Å². The normalized spacial score (nSPS) is 16.7. The number of amides is 1. The minimum Gasteiger partial charge on any atom is -0.464 e. The van der Waals surface area contributed by atoms with Crippen LogP contribution in [0.4, 0.5) is 9.18 Å². The minimum atomic E-state index is -0.529. The highest BCUT2D eigenvalue weighted by Crippen LogP contribution is 2.24. The number of benzene rings is 1. The molecular formula is C20H29FN2O4. The van der Waals surface area contributed by atoms with E-state index in [0.717, 1.165) is 5.56 Å². The van der Waals surface area contributed by atoms with E-state index in [1.54, 1.807) is 24.0 Å². The van der Waals surface area contributed by atoms with E-state index < -0.39 is 5.60 Å². The third kappa shape index (κ3) is 6.50. The molecule has 1 aromatic carbocycles. The SMILES string of the molecule is CCC(=O)OCC(c1ccc(F)cc1)N1CCN(C(=O)OC(C)(C)C)CC1. The molecule has 1 unspecified atom stereocenters. The van der Waals surface area contributed by atoms with Gasteiger partial charge in [0, 0.05) is 32.6 Å². The van der Waals surface area contributed by atoms with Gasteiger partial charge in [-0.15, -0.1) is 0 Å². The van der Waals surface area contributed by atoms with Gasteiger partial charge < -0.3 is 14.4 Å². The van der Waals surface area contributed by atoms with Crippen LogP contribution in [0.15, 0.2) is 24.3 Å². The molecule has 1 aliphatic heterocycles. The summed E-state index contributed by atoms with van der Waals surface area (Å²) in [5.74, 6) is -0.577. The number of carbonyl (C=O) groups is 2. The van der Waals surface area contributed by atoms with Crippen LogP contribution in [-0.4, -0.2) is 60.2 Å². The minimum absolute atomic E-state index is 0.179. The maximum atomic E-state index is 13.3. The summed E-state index contributed by atoms with van der Waals surface area (Å²) in [5, 5.41) is 0. The number of halogens is 1. The molecule has 1 fully saturated rings. The number of carbonyl (C=O) groups excluding carboxylic acids is 2. The number of esters is 1. The van der Waals surface area contributed by atoms with Crippen molar-refractivity contribution >= 4 is 12.1 Å². The van der Waals surface area contributed by atoms with Crippen molar-refractivity contribution in [1.82, 2.24) is 9.80 Å². The molecule has 0 aromatic heterocycles. The van der Waals surface area contributed by atoms with Gasteiger partial charge in [0.2, 0.25) is 0 Å². The highest BCUT2D eigenvalue weighted by molar-refractivity contribution is 5.69. The summed E-state index contributed by atoms with van der Waals surface area (Å²) >= 11 is 0. The van der Waals surface area contributed by atoms with Gasteiger partial charge in [0.15, 0.2) is 0 Å². The first-order chi connectivity index (χ1) is 12.7. The van der Waals surface area contributed by atoms with Gasteiger partial charge in [-0.1, -0.05) is 19.1 Å². The first-order valence-corrected chi connectivity index (χ1v) is 9.32. The fourth-order valence-corrected chi connectivity index (χ4v) is 2.91. The van der Waals surface area contributed by atoms with Gasteiger partial charge in [0.1, 0.15) is 18.0 Å². The first kappa shape index (κ1) is 21.2. The van der Waals surface area contributed by atoms with Gasteiger partial charge in [-0.3, -0.25) is 9.69 Å². The molecule has 1 aliphatic rings. The van der Waals surface area contributed by atoms with E-state index in [1.807, 2.05) is 20.8 Å². The average Bonchev–Trinajstić information content (AvgIpc) is 2.62. The molecule has 1 saturated heterocycles. The van der Waals surface area contributed by atoms with Crippen molar-refractivity contribution in [3.05, 3.63) is 35.6 Å². The molecule has 0 saturated carbocycles. The lowest BCUT2D eigenvalue weighted by molar-refractivity contribution is -0.145. The molecule has 0 aliphatic carbocycles. The van der Waals surface area contributed by atoms with E-state index in [1.165, 1.54) is 12.1 Å². The standard InChI is InChI=1S/C20H29FN2O4/c1-5-18(24)26-14-17(15-6-8-16(21)9-7-15)22-10-12-23(13-11-22)19(25)27-20(2,3)4/h6-9,17H,5,10-14H2,1-4H3. The second kappa shape index (κ2) is 9.17. The van der Waals surface area contributed by atoms with Crippen molar-refractivity contribution in [2.24, 2.45) is 0 Å². The van der Waals surface area contributed by atoms with E-state index in [4.69, 9.17) is 9.47 Å². The van der Waals surface area contributed by atoms with Crippen molar-refractivity contribution in [1.29, 1.82) is 0 Å². The van der Waals surface area contributed by atoms with Gasteiger partial charge >= 0.3 is 12.1 Å². The lowest BCUT2D eigenvalue weighted by Crippen LogP contribution is -2.51. The maximum Gasteiger partial charge on any atom is 0.410 e. The Kier molecular flexibility index (Phi) is 7.18. The lowest BCUT2D eigenvalue weighted by Gasteiger charge is -2.39. The molecule has 0 N–H and O–H groups in total. The number of hydrogen-bond acceptors (Lipinski definition) is 5. The van der Waals surface area contributed by atoms with Crippen LogP contribution in [0.3, 0.4) is 0 Å². The third-order valence-corrected chi connectivity index (χ3v) is 4.35. The fourth-order valence-electron chi connectivity index (χ4n) is 2.91. The van der Waals surface area contributed by atoms with Crippen LogP contribution in [0.5, 0.6) is 0 Å². The summed E-state index contributed by atoms with van der Waals surface area (Å²) in [6.45, 7) is 9.74. The number of rotatable bonds is 5. The molecule has 1 amide bonds. The zero-order valence-electron chi connectivity index (χ0n) is 16.5. The molecule has 1 heterocycles. The lowest BCUT2D eigenvalue weighted by atomic mass is 10.0. The smallest absolute Gasteiger partial charge is 0.410 e. The fraction of sp³-hybridized carbons (Fsp3) is 0.600. The molecule has 150 valence electrons. The molecule has 1 aromatic rings. The molecular weight excluding hydrogens is 351 g/mol. The van der Waals surface area contributed by atoms with Crippen molar-refractivity contribution in [3.63, 3.8) is 0 Å². The first-order valence-electron chi connectivity index (χ1n) is 9.32. The van der Waals surface area contributed by atoms with Gasteiger partial charge in [0.05, 0.1) is 6.04 Å². The molecule has 7 heteroatoms. The number of ether oxygens (including phenoxy) is 2. The van der Waals surface area contributed by atoms with Gasteiger partial charge in [-0.2, -0.15) is 0 Å². The molecule has 0 radical (unpaired) electrons. The quantitative estimate of drug-likeness (QED) is 0.733. The largest absolute Gasteiger partial charge is 0.464 e. The summed E-state index contributed by atoms with van der Waals surface area (Å²) in [4.78, 5) is 27.6. The summed E-state index contributed by atoms with van der Waals surface area (Å²) in [5.41, 5.74) is 0.352. The van der Waals surface area contributed by atoms with E-state index >= 15 is 0 Å². The van der Waals surface area contributed by atoms with Gasteiger partial charge in [0.25, 0.3) is 0 Å². The van der Waals surface area contributed by atoms with Crippen LogP contribution in [0.25, 0.3) is 0 Å². The van der Waals surface area contributed by atoms with Crippen LogP contribution < -0.4 is 0 Å². The zero-order chi connectivity index (χ0) is 20.0. The van der Waals surface area contributed by atoms with E-state index in [9.17, 15) is 14.0 Å². The highest BCUT2D eigenvalue weighted by Gasteiger charge is 2.30. The van der Waals surface area contributed by atoms with Crippen LogP contribution in [-0.2, 0) is 14.3 Å². The van der Waals surface area contributed by atoms with Crippen molar-refractivity contribution < 1.29 is 23.5 Å². The zero-order valence-corrected chi connectivity index (χ0v) is 16.5. The summed E-state index contributed by atoms with van der Waals surface area (Å²) in [6, 6.07) is 6.05. The van der Waals surface area contributed by atoms with E-state index in [0.29, 0.717) is 32.6 Å². The van der Waals surface area contributed by atoms with Crippen molar-refractivity contribution in [2.45, 2.75) is 45.8 Å². The second-order valence-electron chi connectivity index (χ2n) is 7.61. The Labute approximate surface area is 160 Å². The van der Waals surface area contributed by atoms with Gasteiger partial charge in [-0.05, 0) is 38.5 Å². The highest BCUT2D eigenvalue weighted by atomic mass is 19.1. The average molecular weight is 380 g/mol. The van der Waals surface area contributed by atoms with Crippen LogP contribution in [0.2, 0.25) is 0 Å². The Morgan fingerprint density at radius 2 is 1.70 bits per heavy atom. The molecule has 1 atom stereocenters. The molecule has 27 heavy (non-hydrogen) atoms. The third-order valence-electron chi connectivity index (χ3n) is 4.35. The molecule has 2 rings (SSSR count). The van der Waals surface area contributed by atoms with E-state index in [-0.39, 0.29) is 30.5 Å². The summed E-state index contributed by atoms with van der Waals surface area (Å²) < 4.78 is 24.1. The Morgan fingerprint density at radius 3 is 2.22 bits per heavy atom. The monoisotopic (exact) mass is 380 g/mol. The molecule has 0 bridgehead atoms. The Morgan fingerprint density at radius 1 is 1.11 bits per heavy atom. The predicted octanol–water partition coefficient (Wildman–Crippen LogP) is 3.37. The maximum absolute atomic E-state index is 13.3. The molecule has 6 nitrogen and oxygen atoms in total. The van der Waals surface area contributed by atoms with Crippen molar-refractivity contribution in [3.8, 4) is 0 Å². The predicted molar refractivity (Wildman–Crippen MR) is 99.8 cm³/mol. The Balaban J connectivity index is 2.03.